The van der Waals surface area contributed by atoms with Crippen LogP contribution in [0.4, 0.5) is 0 Å². The van der Waals surface area contributed by atoms with Gasteiger partial charge in [0.05, 0.1) is 0 Å². The molecule has 3 heteroatoms. The van der Waals surface area contributed by atoms with Crippen LogP contribution in [0.1, 0.15) is 39.0 Å². The van der Waals surface area contributed by atoms with Crippen LogP contribution in [0.25, 0.3) is 0 Å². The van der Waals surface area contributed by atoms with Gasteiger partial charge in [-0.3, -0.25) is 4.79 Å². The maximum absolute atomic E-state index is 11.5. The lowest BCUT2D eigenvalue weighted by Gasteiger charge is -2.28. The lowest BCUT2D eigenvalue weighted by atomic mass is 9.81. The zero-order chi connectivity index (χ0) is 10.4. The molecule has 0 aromatic carbocycles. The minimum absolute atomic E-state index is 0.0327. The van der Waals surface area contributed by atoms with Crippen molar-refractivity contribution >= 4 is 5.91 Å². The summed E-state index contributed by atoms with van der Waals surface area (Å²) in [5.74, 6) is 0.750. The van der Waals surface area contributed by atoms with E-state index in [0.717, 1.165) is 12.8 Å². The molecule has 0 aliphatic heterocycles. The number of hydrogen-bond acceptors (Lipinski definition) is 2. The number of ether oxygens (including phenoxy) is 1. The molecule has 1 atom stereocenters. The van der Waals surface area contributed by atoms with E-state index in [1.807, 2.05) is 0 Å². The fourth-order valence-electron chi connectivity index (χ4n) is 1.70. The summed E-state index contributed by atoms with van der Waals surface area (Å²) in [5, 5.41) is 2.66. The summed E-state index contributed by atoms with van der Waals surface area (Å²) >= 11 is 0. The second kappa shape index (κ2) is 6.02. The van der Waals surface area contributed by atoms with E-state index in [4.69, 9.17) is 4.74 Å². The van der Waals surface area contributed by atoms with Gasteiger partial charge < -0.3 is 10.1 Å². The highest BCUT2D eigenvalue weighted by molar-refractivity contribution is 5.80. The largest absolute Gasteiger partial charge is 0.368 e. The first-order chi connectivity index (χ1) is 6.77. The number of rotatable bonds is 6. The predicted octanol–water partition coefficient (Wildman–Crippen LogP) is 1.72. The second-order valence-corrected chi connectivity index (χ2v) is 4.01. The number of nitrogens with one attached hydrogen (secondary N) is 1. The Labute approximate surface area is 86.2 Å². The molecule has 1 unspecified atom stereocenters. The molecule has 1 aliphatic carbocycles. The molecule has 0 radical (unpaired) electrons. The van der Waals surface area contributed by atoms with Crippen LogP contribution in [-0.4, -0.2) is 25.7 Å². The average molecular weight is 199 g/mol. The molecule has 1 amide bonds. The Morgan fingerprint density at radius 3 is 2.71 bits per heavy atom. The molecule has 1 fully saturated rings. The molecule has 14 heavy (non-hydrogen) atoms. The van der Waals surface area contributed by atoms with Crippen LogP contribution in [0, 0.1) is 5.92 Å². The maximum atomic E-state index is 11.5. The molecule has 0 aromatic heterocycles. The number of likely N-dealkylation sites (N-methyl/N-ethyl adjacent to an activating group) is 1. The van der Waals surface area contributed by atoms with Crippen LogP contribution in [0.15, 0.2) is 0 Å². The number of carbonyl (C=O) groups excluding carboxylic acids is 1. The van der Waals surface area contributed by atoms with Gasteiger partial charge in [0.1, 0.15) is 6.10 Å². The number of hydrogen-bond donors (Lipinski definition) is 1. The Bertz CT molecular complexity index is 178. The zero-order valence-corrected chi connectivity index (χ0v) is 9.21. The fourth-order valence-corrected chi connectivity index (χ4v) is 1.70. The molecule has 0 saturated heterocycles. The molecule has 1 rings (SSSR count). The predicted molar refractivity (Wildman–Crippen MR) is 56.1 cm³/mol. The molecule has 0 aromatic rings. The van der Waals surface area contributed by atoms with Gasteiger partial charge >= 0.3 is 0 Å². The van der Waals surface area contributed by atoms with E-state index >= 15 is 0 Å². The summed E-state index contributed by atoms with van der Waals surface area (Å²) < 4.78 is 5.54. The van der Waals surface area contributed by atoms with Crippen molar-refractivity contribution in [1.82, 2.24) is 5.32 Å². The average Bonchev–Trinajstić information content (AvgIpc) is 2.14. The maximum Gasteiger partial charge on any atom is 0.248 e. The van der Waals surface area contributed by atoms with Gasteiger partial charge in [-0.1, -0.05) is 26.2 Å². The summed E-state index contributed by atoms with van der Waals surface area (Å²) in [4.78, 5) is 11.5. The van der Waals surface area contributed by atoms with Crippen LogP contribution >= 0.6 is 0 Å². The molecule has 1 N–H and O–H groups in total. The van der Waals surface area contributed by atoms with E-state index in [9.17, 15) is 4.79 Å². The fraction of sp³-hybridized carbons (Fsp3) is 0.909. The Balaban J connectivity index is 2.30. The topological polar surface area (TPSA) is 38.3 Å². The first kappa shape index (κ1) is 11.5. The third-order valence-corrected chi connectivity index (χ3v) is 2.83. The van der Waals surface area contributed by atoms with Gasteiger partial charge in [0.25, 0.3) is 0 Å². The van der Waals surface area contributed by atoms with E-state index in [2.05, 4.69) is 12.2 Å². The first-order valence-corrected chi connectivity index (χ1v) is 5.61. The number of amides is 1. The van der Waals surface area contributed by atoms with Crippen molar-refractivity contribution in [3.8, 4) is 0 Å². The van der Waals surface area contributed by atoms with E-state index in [0.29, 0.717) is 12.5 Å². The highest BCUT2D eigenvalue weighted by atomic mass is 16.5. The molecule has 1 saturated carbocycles. The van der Waals surface area contributed by atoms with Crippen LogP contribution in [0.5, 0.6) is 0 Å². The van der Waals surface area contributed by atoms with Crippen molar-refractivity contribution in [2.75, 3.05) is 13.7 Å². The van der Waals surface area contributed by atoms with Crippen molar-refractivity contribution in [1.29, 1.82) is 0 Å². The molecule has 1 aliphatic rings. The van der Waals surface area contributed by atoms with E-state index in [1.54, 1.807) is 7.05 Å². The minimum Gasteiger partial charge on any atom is -0.368 e. The minimum atomic E-state index is -0.217. The van der Waals surface area contributed by atoms with Crippen LogP contribution in [-0.2, 0) is 9.53 Å². The standard InChI is InChI=1S/C11H21NO2/c1-3-7-14-10(11(13)12-2)8-9-5-4-6-9/h9-10H,3-8H2,1-2H3,(H,12,13). The van der Waals surface area contributed by atoms with Gasteiger partial charge in [-0.15, -0.1) is 0 Å². The number of carbonyl (C=O) groups is 1. The van der Waals surface area contributed by atoms with Crippen molar-refractivity contribution in [2.24, 2.45) is 5.92 Å². The third-order valence-electron chi connectivity index (χ3n) is 2.83. The molecule has 0 bridgehead atoms. The van der Waals surface area contributed by atoms with Crippen molar-refractivity contribution in [3.63, 3.8) is 0 Å². The highest BCUT2D eigenvalue weighted by Crippen LogP contribution is 2.31. The first-order valence-electron chi connectivity index (χ1n) is 5.61. The van der Waals surface area contributed by atoms with Crippen LogP contribution in [0.2, 0.25) is 0 Å². The molecule has 0 spiro atoms. The van der Waals surface area contributed by atoms with Gasteiger partial charge in [0.15, 0.2) is 0 Å². The van der Waals surface area contributed by atoms with E-state index in [-0.39, 0.29) is 12.0 Å². The van der Waals surface area contributed by atoms with Gasteiger partial charge in [0, 0.05) is 13.7 Å². The second-order valence-electron chi connectivity index (χ2n) is 4.01. The monoisotopic (exact) mass is 199 g/mol. The van der Waals surface area contributed by atoms with Gasteiger partial charge in [-0.25, -0.2) is 0 Å². The normalized spacial score (nSPS) is 18.7. The SMILES string of the molecule is CCCOC(CC1CCC1)C(=O)NC. The zero-order valence-electron chi connectivity index (χ0n) is 9.21. The summed E-state index contributed by atoms with van der Waals surface area (Å²) in [7, 11) is 1.67. The molecule has 3 nitrogen and oxygen atoms in total. The molecular formula is C11H21NO2. The van der Waals surface area contributed by atoms with Gasteiger partial charge in [-0.2, -0.15) is 0 Å². The lowest BCUT2D eigenvalue weighted by Crippen LogP contribution is -2.36. The van der Waals surface area contributed by atoms with Gasteiger partial charge in [-0.05, 0) is 18.8 Å². The Morgan fingerprint density at radius 2 is 2.29 bits per heavy atom. The Kier molecular flexibility index (Phi) is 4.94. The smallest absolute Gasteiger partial charge is 0.248 e. The van der Waals surface area contributed by atoms with E-state index in [1.165, 1.54) is 19.3 Å². The summed E-state index contributed by atoms with van der Waals surface area (Å²) in [5.41, 5.74) is 0. The molecule has 82 valence electrons. The van der Waals surface area contributed by atoms with Crippen molar-refractivity contribution in [3.05, 3.63) is 0 Å². The van der Waals surface area contributed by atoms with Crippen molar-refractivity contribution < 1.29 is 9.53 Å². The molecular weight excluding hydrogens is 178 g/mol. The van der Waals surface area contributed by atoms with E-state index < -0.39 is 0 Å². The third kappa shape index (κ3) is 3.29. The van der Waals surface area contributed by atoms with Crippen LogP contribution in [0.3, 0.4) is 0 Å². The van der Waals surface area contributed by atoms with Crippen LogP contribution < -0.4 is 5.32 Å². The summed E-state index contributed by atoms with van der Waals surface area (Å²) in [6, 6.07) is 0. The van der Waals surface area contributed by atoms with Gasteiger partial charge in [0.2, 0.25) is 5.91 Å². The quantitative estimate of drug-likeness (QED) is 0.707. The highest BCUT2D eigenvalue weighted by Gasteiger charge is 2.26. The van der Waals surface area contributed by atoms with Crippen molar-refractivity contribution in [2.45, 2.75) is 45.1 Å². The lowest BCUT2D eigenvalue weighted by molar-refractivity contribution is -0.134. The summed E-state index contributed by atoms with van der Waals surface area (Å²) in [6.45, 7) is 2.75. The molecule has 0 heterocycles. The Morgan fingerprint density at radius 1 is 1.57 bits per heavy atom. The summed E-state index contributed by atoms with van der Waals surface area (Å²) in [6.07, 6.45) is 5.51. The Hall–Kier alpha value is -0.570.